The number of carbonyl (C=O) groups is 4. The van der Waals surface area contributed by atoms with Crippen LogP contribution in [-0.4, -0.2) is 36.4 Å². The van der Waals surface area contributed by atoms with Crippen molar-refractivity contribution >= 4 is 23.7 Å². The summed E-state index contributed by atoms with van der Waals surface area (Å²) in [6.07, 6.45) is 3.00. The molecule has 2 heterocycles. The SMILES string of the molecule is CCOC(=O)[C@@H]1C[C@H](OC(C)=O)C(=O)[C@H]2[C@@]1(C)CC[C@H]1C(=O)O[C@H](c3ccoc3)C[C@]21C. The summed E-state index contributed by atoms with van der Waals surface area (Å²) < 4.78 is 21.6. The molecule has 0 aromatic carbocycles. The number of hydrogen-bond acceptors (Lipinski definition) is 8. The monoisotopic (exact) mass is 446 g/mol. The van der Waals surface area contributed by atoms with Gasteiger partial charge in [0.2, 0.25) is 0 Å². The second-order valence-corrected chi connectivity index (χ2v) is 9.76. The Hall–Kier alpha value is -2.64. The third kappa shape index (κ3) is 3.44. The zero-order chi connectivity index (χ0) is 23.3. The Morgan fingerprint density at radius 2 is 1.97 bits per heavy atom. The number of esters is 3. The van der Waals surface area contributed by atoms with E-state index >= 15 is 0 Å². The van der Waals surface area contributed by atoms with Crippen molar-refractivity contribution in [2.75, 3.05) is 6.61 Å². The average molecular weight is 446 g/mol. The number of cyclic esters (lactones) is 1. The Morgan fingerprint density at radius 3 is 2.59 bits per heavy atom. The molecule has 1 aromatic rings. The number of hydrogen-bond donors (Lipinski definition) is 0. The minimum absolute atomic E-state index is 0.0978. The van der Waals surface area contributed by atoms with Crippen LogP contribution in [0.25, 0.3) is 0 Å². The predicted octanol–water partition coefficient (Wildman–Crippen LogP) is 3.39. The van der Waals surface area contributed by atoms with Crippen molar-refractivity contribution in [1.29, 1.82) is 0 Å². The molecule has 1 aliphatic heterocycles. The van der Waals surface area contributed by atoms with Crippen LogP contribution in [0.3, 0.4) is 0 Å². The lowest BCUT2D eigenvalue weighted by Gasteiger charge is -2.61. The largest absolute Gasteiger partial charge is 0.472 e. The lowest BCUT2D eigenvalue weighted by molar-refractivity contribution is -0.210. The van der Waals surface area contributed by atoms with Gasteiger partial charge in [0.15, 0.2) is 11.9 Å². The van der Waals surface area contributed by atoms with Crippen molar-refractivity contribution < 1.29 is 37.8 Å². The lowest BCUT2D eigenvalue weighted by Crippen LogP contribution is -2.64. The van der Waals surface area contributed by atoms with Gasteiger partial charge in [-0.15, -0.1) is 0 Å². The highest BCUT2D eigenvalue weighted by Crippen LogP contribution is 2.65. The van der Waals surface area contributed by atoms with Crippen molar-refractivity contribution in [2.24, 2.45) is 28.6 Å². The highest BCUT2D eigenvalue weighted by Gasteiger charge is 2.67. The normalized spacial score (nSPS) is 38.8. The summed E-state index contributed by atoms with van der Waals surface area (Å²) in [5, 5.41) is 0. The summed E-state index contributed by atoms with van der Waals surface area (Å²) >= 11 is 0. The van der Waals surface area contributed by atoms with Gasteiger partial charge in [0.05, 0.1) is 31.0 Å². The molecule has 1 aromatic heterocycles. The molecule has 8 nitrogen and oxygen atoms in total. The van der Waals surface area contributed by atoms with Crippen LogP contribution in [0.5, 0.6) is 0 Å². The van der Waals surface area contributed by atoms with Crippen molar-refractivity contribution in [1.82, 2.24) is 0 Å². The number of rotatable bonds is 4. The number of ketones is 1. The van der Waals surface area contributed by atoms with Crippen LogP contribution in [0.15, 0.2) is 23.0 Å². The van der Waals surface area contributed by atoms with Crippen LogP contribution < -0.4 is 0 Å². The van der Waals surface area contributed by atoms with E-state index in [1.54, 1.807) is 13.0 Å². The van der Waals surface area contributed by atoms with Crippen LogP contribution >= 0.6 is 0 Å². The summed E-state index contributed by atoms with van der Waals surface area (Å²) in [5.41, 5.74) is -0.763. The topological polar surface area (TPSA) is 109 Å². The second kappa shape index (κ2) is 8.05. The Balaban J connectivity index is 1.78. The molecular weight excluding hydrogens is 416 g/mol. The molecule has 0 bridgehead atoms. The zero-order valence-corrected chi connectivity index (χ0v) is 18.9. The molecule has 174 valence electrons. The van der Waals surface area contributed by atoms with Gasteiger partial charge in [0, 0.05) is 24.8 Å². The van der Waals surface area contributed by atoms with E-state index < -0.39 is 52.7 Å². The van der Waals surface area contributed by atoms with Crippen molar-refractivity contribution in [3.8, 4) is 0 Å². The van der Waals surface area contributed by atoms with Gasteiger partial charge >= 0.3 is 17.9 Å². The van der Waals surface area contributed by atoms with Crippen LogP contribution in [0.2, 0.25) is 0 Å². The fourth-order valence-corrected chi connectivity index (χ4v) is 6.56. The Labute approximate surface area is 186 Å². The van der Waals surface area contributed by atoms with E-state index in [2.05, 4.69) is 0 Å². The van der Waals surface area contributed by atoms with Crippen molar-refractivity contribution in [3.05, 3.63) is 24.2 Å². The van der Waals surface area contributed by atoms with Crippen LogP contribution in [-0.2, 0) is 33.4 Å². The van der Waals surface area contributed by atoms with Crippen LogP contribution in [0.1, 0.15) is 65.0 Å². The first kappa shape index (κ1) is 22.6. The maximum absolute atomic E-state index is 13.8. The molecule has 8 heteroatoms. The predicted molar refractivity (Wildman–Crippen MR) is 110 cm³/mol. The average Bonchev–Trinajstić information content (AvgIpc) is 3.24. The van der Waals surface area contributed by atoms with E-state index in [9.17, 15) is 19.2 Å². The van der Waals surface area contributed by atoms with Crippen LogP contribution in [0, 0.1) is 28.6 Å². The number of carbonyl (C=O) groups excluding carboxylic acids is 4. The van der Waals surface area contributed by atoms with Crippen molar-refractivity contribution in [3.63, 3.8) is 0 Å². The summed E-state index contributed by atoms with van der Waals surface area (Å²) in [5.74, 6) is -3.30. The van der Waals surface area contributed by atoms with Gasteiger partial charge in [-0.25, -0.2) is 0 Å². The molecule has 2 aliphatic carbocycles. The maximum Gasteiger partial charge on any atom is 0.310 e. The van der Waals surface area contributed by atoms with Gasteiger partial charge in [-0.1, -0.05) is 13.8 Å². The first-order valence-corrected chi connectivity index (χ1v) is 11.2. The summed E-state index contributed by atoms with van der Waals surface area (Å²) in [6, 6.07) is 1.75. The summed E-state index contributed by atoms with van der Waals surface area (Å²) in [4.78, 5) is 51.6. The molecule has 3 fully saturated rings. The van der Waals surface area contributed by atoms with Gasteiger partial charge in [-0.2, -0.15) is 0 Å². The standard InChI is InChI=1S/C24H30O8/c1-5-30-21(27)16-10-17(31-13(2)25)19(26)20-23(16,3)8-6-15-22(28)32-18(11-24(15,20)4)14-7-9-29-12-14/h7,9,12,15-18,20H,5-6,8,10-11H2,1-4H3/t15-,16-,17-,18-,20-,23-,24-/m0/s1. The molecule has 7 atom stereocenters. The van der Waals surface area contributed by atoms with E-state index in [1.807, 2.05) is 13.8 Å². The molecule has 3 aliphatic rings. The van der Waals surface area contributed by atoms with E-state index in [1.165, 1.54) is 19.5 Å². The molecule has 0 N–H and O–H groups in total. The molecular formula is C24H30O8. The molecule has 1 saturated heterocycles. The first-order valence-electron chi connectivity index (χ1n) is 11.2. The van der Waals surface area contributed by atoms with E-state index in [-0.39, 0.29) is 24.8 Å². The molecule has 2 saturated carbocycles. The molecule has 0 unspecified atom stereocenters. The minimum atomic E-state index is -1.04. The molecule has 32 heavy (non-hydrogen) atoms. The van der Waals surface area contributed by atoms with Crippen LogP contribution in [0.4, 0.5) is 0 Å². The fraction of sp³-hybridized carbons (Fsp3) is 0.667. The third-order valence-corrected chi connectivity index (χ3v) is 7.90. The number of fused-ring (bicyclic) bond motifs is 3. The van der Waals surface area contributed by atoms with Gasteiger partial charge < -0.3 is 18.6 Å². The van der Waals surface area contributed by atoms with E-state index in [4.69, 9.17) is 18.6 Å². The third-order valence-electron chi connectivity index (χ3n) is 7.90. The number of ether oxygens (including phenoxy) is 3. The molecule has 0 spiro atoms. The Bertz CT molecular complexity index is 920. The highest BCUT2D eigenvalue weighted by atomic mass is 16.6. The van der Waals surface area contributed by atoms with Gasteiger partial charge in [-0.05, 0) is 43.1 Å². The fourth-order valence-electron chi connectivity index (χ4n) is 6.56. The first-order chi connectivity index (χ1) is 15.1. The highest BCUT2D eigenvalue weighted by molar-refractivity contribution is 5.93. The maximum atomic E-state index is 13.8. The molecule has 0 radical (unpaired) electrons. The van der Waals surface area contributed by atoms with Crippen molar-refractivity contribution in [2.45, 2.75) is 65.6 Å². The zero-order valence-electron chi connectivity index (χ0n) is 18.9. The quantitative estimate of drug-likeness (QED) is 0.511. The van der Waals surface area contributed by atoms with Gasteiger partial charge in [0.25, 0.3) is 0 Å². The number of Topliss-reactive ketones (excluding diaryl/α,β-unsaturated/α-hetero) is 1. The van der Waals surface area contributed by atoms with Gasteiger partial charge in [0.1, 0.15) is 6.10 Å². The summed E-state index contributed by atoms with van der Waals surface area (Å²) in [7, 11) is 0. The summed E-state index contributed by atoms with van der Waals surface area (Å²) in [6.45, 7) is 7.08. The lowest BCUT2D eigenvalue weighted by atomic mass is 9.43. The molecule has 0 amide bonds. The Morgan fingerprint density at radius 1 is 1.22 bits per heavy atom. The Kier molecular flexibility index (Phi) is 5.67. The van der Waals surface area contributed by atoms with Gasteiger partial charge in [-0.3, -0.25) is 19.2 Å². The molecule has 4 rings (SSSR count). The van der Waals surface area contributed by atoms with E-state index in [0.29, 0.717) is 19.3 Å². The second-order valence-electron chi connectivity index (χ2n) is 9.76. The van der Waals surface area contributed by atoms with E-state index in [0.717, 1.165) is 5.56 Å². The number of furan rings is 1. The smallest absolute Gasteiger partial charge is 0.310 e. The minimum Gasteiger partial charge on any atom is -0.472 e.